The predicted molar refractivity (Wildman–Crippen MR) is 56.7 cm³/mol. The smallest absolute Gasteiger partial charge is 0.0395 e. The molecule has 0 aliphatic rings. The molecule has 1 aromatic carbocycles. The highest BCUT2D eigenvalue weighted by Gasteiger charge is 1.95. The third-order valence-electron chi connectivity index (χ3n) is 2.11. The molecule has 0 fully saturated rings. The quantitative estimate of drug-likeness (QED) is 0.544. The minimum absolute atomic E-state index is 1.39. The summed E-state index contributed by atoms with van der Waals surface area (Å²) in [6, 6.07) is 4.48. The van der Waals surface area contributed by atoms with Gasteiger partial charge in [-0.05, 0) is 49.9 Å². The molecule has 0 N–H and O–H groups in total. The van der Waals surface area contributed by atoms with E-state index in [1.165, 1.54) is 22.3 Å². The Labute approximate surface area is 76.6 Å². The van der Waals surface area contributed by atoms with Crippen LogP contribution in [0.1, 0.15) is 36.1 Å². The van der Waals surface area contributed by atoms with E-state index in [1.54, 1.807) is 0 Å². The second kappa shape index (κ2) is 4.97. The fourth-order valence-corrected chi connectivity index (χ4v) is 1.10. The Morgan fingerprint density at radius 3 is 0.917 bits per heavy atom. The fourth-order valence-electron chi connectivity index (χ4n) is 1.10. The van der Waals surface area contributed by atoms with Crippen LogP contribution in [0.15, 0.2) is 12.1 Å². The van der Waals surface area contributed by atoms with Gasteiger partial charge in [0.15, 0.2) is 0 Å². The van der Waals surface area contributed by atoms with Crippen LogP contribution in [0.2, 0.25) is 0 Å². The van der Waals surface area contributed by atoms with Crippen LogP contribution in [0.25, 0.3) is 0 Å². The van der Waals surface area contributed by atoms with E-state index < -0.39 is 0 Å². The van der Waals surface area contributed by atoms with Crippen molar-refractivity contribution >= 4 is 0 Å². The molecule has 0 heteroatoms. The van der Waals surface area contributed by atoms with Gasteiger partial charge in [-0.2, -0.15) is 0 Å². The lowest BCUT2D eigenvalue weighted by molar-refractivity contribution is 1.24. The summed E-state index contributed by atoms with van der Waals surface area (Å²) in [5.41, 5.74) is 5.57. The summed E-state index contributed by atoms with van der Waals surface area (Å²) in [6.07, 6.45) is 0. The van der Waals surface area contributed by atoms with Crippen LogP contribution in [0, 0.1) is 27.7 Å². The monoisotopic (exact) mass is 164 g/mol. The van der Waals surface area contributed by atoms with Gasteiger partial charge in [0.25, 0.3) is 0 Å². The van der Waals surface area contributed by atoms with Crippen LogP contribution >= 0.6 is 0 Å². The van der Waals surface area contributed by atoms with Gasteiger partial charge in [-0.1, -0.05) is 26.0 Å². The summed E-state index contributed by atoms with van der Waals surface area (Å²) in [6.45, 7) is 12.6. The molecule has 0 saturated carbocycles. The van der Waals surface area contributed by atoms with Gasteiger partial charge in [-0.25, -0.2) is 0 Å². The zero-order valence-electron chi connectivity index (χ0n) is 9.15. The lowest BCUT2D eigenvalue weighted by Gasteiger charge is -2.04. The fraction of sp³-hybridized carbons (Fsp3) is 0.500. The van der Waals surface area contributed by atoms with Crippen molar-refractivity contribution < 1.29 is 0 Å². The van der Waals surface area contributed by atoms with Crippen molar-refractivity contribution in [3.8, 4) is 0 Å². The first-order valence-corrected chi connectivity index (χ1v) is 4.65. The molecule has 0 atom stereocenters. The van der Waals surface area contributed by atoms with Crippen LogP contribution in [-0.4, -0.2) is 0 Å². The SMILES string of the molecule is CC.Cc1cc(C)c(C)cc1C. The Hall–Kier alpha value is -0.780. The van der Waals surface area contributed by atoms with E-state index in [1.807, 2.05) is 13.8 Å². The standard InChI is InChI=1S/C10H14.C2H6/c1-7-5-9(3)10(4)6-8(7)2;1-2/h5-6H,1-4H3;1-2H3. The van der Waals surface area contributed by atoms with Crippen molar-refractivity contribution in [2.24, 2.45) is 0 Å². The lowest BCUT2D eigenvalue weighted by Crippen LogP contribution is -1.86. The van der Waals surface area contributed by atoms with E-state index in [4.69, 9.17) is 0 Å². The Morgan fingerprint density at radius 2 is 0.750 bits per heavy atom. The van der Waals surface area contributed by atoms with Crippen molar-refractivity contribution in [2.45, 2.75) is 41.5 Å². The Morgan fingerprint density at radius 1 is 0.583 bits per heavy atom. The van der Waals surface area contributed by atoms with Crippen molar-refractivity contribution in [3.63, 3.8) is 0 Å². The first-order chi connectivity index (χ1) is 5.61. The molecule has 0 amide bonds. The van der Waals surface area contributed by atoms with Gasteiger partial charge in [0.2, 0.25) is 0 Å². The van der Waals surface area contributed by atoms with Gasteiger partial charge >= 0.3 is 0 Å². The van der Waals surface area contributed by atoms with Crippen molar-refractivity contribution in [2.75, 3.05) is 0 Å². The molecule has 0 bridgehead atoms. The van der Waals surface area contributed by atoms with Crippen LogP contribution in [0.3, 0.4) is 0 Å². The molecule has 12 heavy (non-hydrogen) atoms. The third kappa shape index (κ3) is 2.69. The molecule has 1 aromatic rings. The van der Waals surface area contributed by atoms with Gasteiger partial charge in [0.1, 0.15) is 0 Å². The van der Waals surface area contributed by atoms with E-state index in [0.717, 1.165) is 0 Å². The van der Waals surface area contributed by atoms with E-state index in [0.29, 0.717) is 0 Å². The summed E-state index contributed by atoms with van der Waals surface area (Å²) in [5, 5.41) is 0. The summed E-state index contributed by atoms with van der Waals surface area (Å²) in [4.78, 5) is 0. The van der Waals surface area contributed by atoms with E-state index in [9.17, 15) is 0 Å². The van der Waals surface area contributed by atoms with Crippen LogP contribution in [-0.2, 0) is 0 Å². The van der Waals surface area contributed by atoms with Crippen molar-refractivity contribution in [1.82, 2.24) is 0 Å². The predicted octanol–water partition coefficient (Wildman–Crippen LogP) is 3.95. The Bertz CT molecular complexity index is 196. The van der Waals surface area contributed by atoms with E-state index in [2.05, 4.69) is 39.8 Å². The van der Waals surface area contributed by atoms with Gasteiger partial charge < -0.3 is 0 Å². The molecule has 0 aliphatic carbocycles. The van der Waals surface area contributed by atoms with Crippen LogP contribution in [0.4, 0.5) is 0 Å². The third-order valence-corrected chi connectivity index (χ3v) is 2.11. The van der Waals surface area contributed by atoms with Crippen LogP contribution in [0.5, 0.6) is 0 Å². The molecule has 0 nitrogen and oxygen atoms in total. The minimum Gasteiger partial charge on any atom is -0.0683 e. The maximum absolute atomic E-state index is 2.24. The summed E-state index contributed by atoms with van der Waals surface area (Å²) in [7, 11) is 0. The molecule has 68 valence electrons. The average Bonchev–Trinajstić information content (AvgIpc) is 2.05. The topological polar surface area (TPSA) is 0 Å². The first kappa shape index (κ1) is 11.2. The van der Waals surface area contributed by atoms with Gasteiger partial charge in [0.05, 0.1) is 0 Å². The summed E-state index contributed by atoms with van der Waals surface area (Å²) < 4.78 is 0. The second-order valence-corrected chi connectivity index (χ2v) is 3.02. The number of hydrogen-bond acceptors (Lipinski definition) is 0. The molecule has 0 aliphatic heterocycles. The number of rotatable bonds is 0. The van der Waals surface area contributed by atoms with Crippen molar-refractivity contribution in [1.29, 1.82) is 0 Å². The zero-order valence-corrected chi connectivity index (χ0v) is 9.15. The van der Waals surface area contributed by atoms with Gasteiger partial charge in [0, 0.05) is 0 Å². The largest absolute Gasteiger partial charge is 0.0683 e. The first-order valence-electron chi connectivity index (χ1n) is 4.65. The highest BCUT2D eigenvalue weighted by Crippen LogP contribution is 2.13. The Kier molecular flexibility index (Phi) is 4.65. The maximum atomic E-state index is 2.24. The summed E-state index contributed by atoms with van der Waals surface area (Å²) in [5.74, 6) is 0. The minimum atomic E-state index is 1.39. The second-order valence-electron chi connectivity index (χ2n) is 3.02. The Balaban J connectivity index is 0.000000561. The molecule has 0 aromatic heterocycles. The number of aryl methyl sites for hydroxylation is 4. The summed E-state index contributed by atoms with van der Waals surface area (Å²) >= 11 is 0. The molecule has 1 rings (SSSR count). The molecule has 0 spiro atoms. The van der Waals surface area contributed by atoms with Gasteiger partial charge in [-0.3, -0.25) is 0 Å². The molecular formula is C12H20. The van der Waals surface area contributed by atoms with Gasteiger partial charge in [-0.15, -0.1) is 0 Å². The lowest BCUT2D eigenvalue weighted by atomic mass is 10.0. The molecule has 0 radical (unpaired) electrons. The highest BCUT2D eigenvalue weighted by molar-refractivity contribution is 5.35. The average molecular weight is 164 g/mol. The highest BCUT2D eigenvalue weighted by atomic mass is 14.0. The van der Waals surface area contributed by atoms with Crippen molar-refractivity contribution in [3.05, 3.63) is 34.4 Å². The molecular weight excluding hydrogens is 144 g/mol. The molecule has 0 unspecified atom stereocenters. The van der Waals surface area contributed by atoms with E-state index >= 15 is 0 Å². The normalized spacial score (nSPS) is 8.83. The zero-order chi connectivity index (χ0) is 9.72. The maximum Gasteiger partial charge on any atom is -0.0395 e. The van der Waals surface area contributed by atoms with Crippen LogP contribution < -0.4 is 0 Å². The number of benzene rings is 1. The number of hydrogen-bond donors (Lipinski definition) is 0. The van der Waals surface area contributed by atoms with E-state index in [-0.39, 0.29) is 0 Å². The molecule has 0 saturated heterocycles. The molecule has 0 heterocycles.